The Bertz CT molecular complexity index is 2490. The summed E-state index contributed by atoms with van der Waals surface area (Å²) in [6.45, 7) is 7.36. The van der Waals surface area contributed by atoms with E-state index in [4.69, 9.17) is 0 Å². The molecular formula is C41H26F8N2. The smallest absolute Gasteiger partial charge is 0.309 e. The average Bonchev–Trinajstić information content (AvgIpc) is 3.56. The third-order valence-electron chi connectivity index (χ3n) is 9.51. The van der Waals surface area contributed by atoms with E-state index in [1.54, 1.807) is 48.5 Å². The number of nitrogens with zero attached hydrogens (tertiary/aromatic N) is 2. The van der Waals surface area contributed by atoms with Gasteiger partial charge in [-0.15, -0.1) is 0 Å². The van der Waals surface area contributed by atoms with Gasteiger partial charge in [-0.2, -0.15) is 13.2 Å². The van der Waals surface area contributed by atoms with E-state index in [0.29, 0.717) is 43.6 Å². The van der Waals surface area contributed by atoms with E-state index in [1.165, 1.54) is 9.13 Å². The van der Waals surface area contributed by atoms with E-state index in [9.17, 15) is 13.2 Å². The Morgan fingerprint density at radius 1 is 0.412 bits per heavy atom. The van der Waals surface area contributed by atoms with Crippen LogP contribution in [0.1, 0.15) is 27.8 Å². The molecule has 2 heterocycles. The maximum Gasteiger partial charge on any atom is 0.420 e. The van der Waals surface area contributed by atoms with Crippen LogP contribution in [-0.2, 0) is 6.18 Å². The van der Waals surface area contributed by atoms with Gasteiger partial charge in [0.05, 0.1) is 39.0 Å². The SMILES string of the molecule is Cc1ccc2c(c1)c1cc(C)ccc1n2-c1cc(-c2c(F)c(F)c(F)c(F)c2F)cc(-n2c3ccc(C)cc3c3cc(C)ccc32)c1C(F)(F)F. The third-order valence-corrected chi connectivity index (χ3v) is 9.51. The standard InChI is InChI=1S/C41H26F8N2/c1-19-5-9-28-24(13-19)25-14-20(2)6-10-29(25)50(28)32-17-23(34-36(42)38(44)40(46)39(45)37(34)43)18-33(35(32)41(47,48)49)51-30-11-7-21(3)15-26(30)27-16-22(4)8-12-31(27)51/h5-18H,1-4H3. The molecule has 2 nitrogen and oxygen atoms in total. The Balaban J connectivity index is 1.64. The largest absolute Gasteiger partial charge is 0.420 e. The second-order valence-electron chi connectivity index (χ2n) is 13.1. The first-order valence-electron chi connectivity index (χ1n) is 16.0. The number of fused-ring (bicyclic) bond motifs is 6. The molecule has 6 aromatic carbocycles. The number of aromatic nitrogens is 2. The Morgan fingerprint density at radius 3 is 1.00 bits per heavy atom. The highest BCUT2D eigenvalue weighted by molar-refractivity contribution is 6.11. The summed E-state index contributed by atoms with van der Waals surface area (Å²) >= 11 is 0. The first-order chi connectivity index (χ1) is 24.1. The normalized spacial score (nSPS) is 12.3. The van der Waals surface area contributed by atoms with Crippen LogP contribution in [0, 0.1) is 56.8 Å². The van der Waals surface area contributed by atoms with E-state index in [1.807, 2.05) is 52.0 Å². The Morgan fingerprint density at radius 2 is 0.706 bits per heavy atom. The zero-order valence-corrected chi connectivity index (χ0v) is 27.5. The molecule has 8 aromatic rings. The van der Waals surface area contributed by atoms with Crippen molar-refractivity contribution in [1.82, 2.24) is 9.13 Å². The predicted octanol–water partition coefficient (Wildman–Crippen LogP) is 12.5. The van der Waals surface area contributed by atoms with E-state index in [2.05, 4.69) is 0 Å². The number of aryl methyl sites for hydroxylation is 4. The lowest BCUT2D eigenvalue weighted by molar-refractivity contribution is -0.137. The molecule has 0 spiro atoms. The molecule has 0 saturated carbocycles. The summed E-state index contributed by atoms with van der Waals surface area (Å²) in [5.74, 6) is -11.1. The van der Waals surface area contributed by atoms with E-state index < -0.39 is 63.3 Å². The molecule has 0 aliphatic heterocycles. The zero-order valence-electron chi connectivity index (χ0n) is 27.5. The molecule has 0 aliphatic rings. The predicted molar refractivity (Wildman–Crippen MR) is 184 cm³/mol. The van der Waals surface area contributed by atoms with E-state index in [-0.39, 0.29) is 0 Å². The molecule has 0 bridgehead atoms. The fraction of sp³-hybridized carbons (Fsp3) is 0.122. The van der Waals surface area contributed by atoms with Crippen LogP contribution >= 0.6 is 0 Å². The van der Waals surface area contributed by atoms with Crippen LogP contribution in [0.3, 0.4) is 0 Å². The lowest BCUT2D eigenvalue weighted by Gasteiger charge is -2.23. The van der Waals surface area contributed by atoms with Gasteiger partial charge in [0.25, 0.3) is 0 Å². The molecule has 0 N–H and O–H groups in total. The maximum absolute atomic E-state index is 15.9. The van der Waals surface area contributed by atoms with Crippen molar-refractivity contribution in [3.8, 4) is 22.5 Å². The van der Waals surface area contributed by atoms with Gasteiger partial charge in [0.2, 0.25) is 5.82 Å². The number of hydrogen-bond donors (Lipinski definition) is 0. The van der Waals surface area contributed by atoms with Crippen LogP contribution in [-0.4, -0.2) is 9.13 Å². The molecule has 0 unspecified atom stereocenters. The number of rotatable bonds is 3. The van der Waals surface area contributed by atoms with Crippen molar-refractivity contribution < 1.29 is 35.1 Å². The maximum atomic E-state index is 15.9. The van der Waals surface area contributed by atoms with Crippen molar-refractivity contribution in [2.24, 2.45) is 0 Å². The first-order valence-corrected chi connectivity index (χ1v) is 16.0. The molecule has 256 valence electrons. The van der Waals surface area contributed by atoms with Crippen LogP contribution in [0.5, 0.6) is 0 Å². The van der Waals surface area contributed by atoms with Crippen LogP contribution in [0.25, 0.3) is 66.1 Å². The minimum absolute atomic E-state index is 0.348. The summed E-state index contributed by atoms with van der Waals surface area (Å²) in [5.41, 5.74) is 0.486. The summed E-state index contributed by atoms with van der Waals surface area (Å²) in [4.78, 5) is 0. The Kier molecular flexibility index (Phi) is 7.14. The summed E-state index contributed by atoms with van der Waals surface area (Å²) in [7, 11) is 0. The fourth-order valence-corrected chi connectivity index (χ4v) is 7.28. The summed E-state index contributed by atoms with van der Waals surface area (Å²) in [6.07, 6.45) is -5.09. The minimum Gasteiger partial charge on any atom is -0.309 e. The molecule has 10 heteroatoms. The third kappa shape index (κ3) is 4.83. The van der Waals surface area contributed by atoms with Crippen LogP contribution < -0.4 is 0 Å². The monoisotopic (exact) mass is 698 g/mol. The molecular weight excluding hydrogens is 672 g/mol. The number of alkyl halides is 3. The molecule has 0 fully saturated rings. The quantitative estimate of drug-likeness (QED) is 0.0988. The van der Waals surface area contributed by atoms with E-state index in [0.717, 1.165) is 34.4 Å². The molecule has 0 amide bonds. The highest BCUT2D eigenvalue weighted by Gasteiger charge is 2.40. The second-order valence-corrected chi connectivity index (χ2v) is 13.1. The molecule has 0 atom stereocenters. The molecule has 0 radical (unpaired) electrons. The highest BCUT2D eigenvalue weighted by atomic mass is 19.4. The van der Waals surface area contributed by atoms with Gasteiger partial charge in [-0.05, 0) is 93.9 Å². The van der Waals surface area contributed by atoms with Gasteiger partial charge in [0.15, 0.2) is 23.3 Å². The number of benzene rings is 6. The Labute approximate surface area is 285 Å². The molecule has 51 heavy (non-hydrogen) atoms. The Hall–Kier alpha value is -5.64. The van der Waals surface area contributed by atoms with E-state index >= 15 is 22.0 Å². The van der Waals surface area contributed by atoms with Gasteiger partial charge in [-0.3, -0.25) is 0 Å². The lowest BCUT2D eigenvalue weighted by Crippen LogP contribution is -2.16. The molecule has 0 aliphatic carbocycles. The van der Waals surface area contributed by atoms with Crippen molar-refractivity contribution in [2.75, 3.05) is 0 Å². The molecule has 0 saturated heterocycles. The first kappa shape index (κ1) is 32.6. The highest BCUT2D eigenvalue weighted by Crippen LogP contribution is 2.47. The van der Waals surface area contributed by atoms with Crippen LogP contribution in [0.15, 0.2) is 84.9 Å². The molecule has 2 aromatic heterocycles. The van der Waals surface area contributed by atoms with Gasteiger partial charge in [-0.25, -0.2) is 22.0 Å². The van der Waals surface area contributed by atoms with Crippen molar-refractivity contribution >= 4 is 43.6 Å². The lowest BCUT2D eigenvalue weighted by atomic mass is 9.97. The van der Waals surface area contributed by atoms with Gasteiger partial charge in [-0.1, -0.05) is 46.5 Å². The summed E-state index contributed by atoms with van der Waals surface area (Å²) in [5, 5.41) is 2.47. The van der Waals surface area contributed by atoms with Crippen molar-refractivity contribution in [2.45, 2.75) is 33.9 Å². The fourth-order valence-electron chi connectivity index (χ4n) is 7.28. The van der Waals surface area contributed by atoms with Crippen molar-refractivity contribution in [3.63, 3.8) is 0 Å². The zero-order chi connectivity index (χ0) is 36.3. The van der Waals surface area contributed by atoms with Gasteiger partial charge in [0.1, 0.15) is 5.56 Å². The minimum atomic E-state index is -5.09. The van der Waals surface area contributed by atoms with Gasteiger partial charge >= 0.3 is 6.18 Å². The van der Waals surface area contributed by atoms with Crippen molar-refractivity contribution in [3.05, 3.63) is 142 Å². The topological polar surface area (TPSA) is 9.86 Å². The number of halogens is 8. The number of hydrogen-bond acceptors (Lipinski definition) is 0. The molecule has 8 rings (SSSR count). The summed E-state index contributed by atoms with van der Waals surface area (Å²) in [6, 6.07) is 22.5. The second kappa shape index (κ2) is 11.2. The summed E-state index contributed by atoms with van der Waals surface area (Å²) < 4.78 is 125. The van der Waals surface area contributed by atoms with Gasteiger partial charge in [0, 0.05) is 21.5 Å². The van der Waals surface area contributed by atoms with Crippen LogP contribution in [0.2, 0.25) is 0 Å². The van der Waals surface area contributed by atoms with Gasteiger partial charge < -0.3 is 9.13 Å². The van der Waals surface area contributed by atoms with Crippen molar-refractivity contribution in [1.29, 1.82) is 0 Å². The van der Waals surface area contributed by atoms with Crippen LogP contribution in [0.4, 0.5) is 35.1 Å². The average molecular weight is 699 g/mol.